The van der Waals surface area contributed by atoms with E-state index >= 15 is 0 Å². The summed E-state index contributed by atoms with van der Waals surface area (Å²) in [4.78, 5) is 0. The minimum Gasteiger partial charge on any atom is -0.491 e. The lowest BCUT2D eigenvalue weighted by atomic mass is 9.93. The van der Waals surface area contributed by atoms with Gasteiger partial charge in [-0.15, -0.1) is 0 Å². The molecule has 0 saturated heterocycles. The molecule has 3 aromatic carbocycles. The Labute approximate surface area is 183 Å². The molecule has 0 aromatic heterocycles. The molecular formula is C26H28O5. The molecule has 1 heterocycles. The smallest absolute Gasteiger partial charge is 0.127 e. The number of para-hydroxylation sites is 2. The first-order valence-corrected chi connectivity index (χ1v) is 10.7. The molecule has 0 unspecified atom stereocenters. The van der Waals surface area contributed by atoms with Gasteiger partial charge in [0.25, 0.3) is 0 Å². The summed E-state index contributed by atoms with van der Waals surface area (Å²) in [6.07, 6.45) is 0. The van der Waals surface area contributed by atoms with Gasteiger partial charge in [0, 0.05) is 11.1 Å². The fourth-order valence-electron chi connectivity index (χ4n) is 3.55. The van der Waals surface area contributed by atoms with Crippen molar-refractivity contribution in [2.45, 2.75) is 0 Å². The predicted molar refractivity (Wildman–Crippen MR) is 121 cm³/mol. The quantitative estimate of drug-likeness (QED) is 0.521. The van der Waals surface area contributed by atoms with Gasteiger partial charge in [0.1, 0.15) is 24.7 Å². The van der Waals surface area contributed by atoms with Crippen LogP contribution in [0.5, 0.6) is 11.5 Å². The first-order valence-electron chi connectivity index (χ1n) is 10.7. The zero-order chi connectivity index (χ0) is 21.1. The van der Waals surface area contributed by atoms with E-state index in [0.717, 1.165) is 33.8 Å². The lowest BCUT2D eigenvalue weighted by Crippen LogP contribution is -2.14. The van der Waals surface area contributed by atoms with Gasteiger partial charge in [0.2, 0.25) is 0 Å². The third-order valence-corrected chi connectivity index (χ3v) is 5.00. The molecule has 0 saturated carbocycles. The molecule has 162 valence electrons. The highest BCUT2D eigenvalue weighted by Gasteiger charge is 2.14. The summed E-state index contributed by atoms with van der Waals surface area (Å²) >= 11 is 0. The second kappa shape index (κ2) is 11.5. The van der Waals surface area contributed by atoms with Crippen molar-refractivity contribution in [2.75, 3.05) is 52.9 Å². The van der Waals surface area contributed by atoms with Crippen molar-refractivity contribution in [2.24, 2.45) is 0 Å². The van der Waals surface area contributed by atoms with Gasteiger partial charge in [0.05, 0.1) is 39.6 Å². The van der Waals surface area contributed by atoms with Crippen molar-refractivity contribution in [3.05, 3.63) is 72.8 Å². The van der Waals surface area contributed by atoms with Crippen molar-refractivity contribution in [3.63, 3.8) is 0 Å². The predicted octanol–water partition coefficient (Wildman–Crippen LogP) is 4.84. The summed E-state index contributed by atoms with van der Waals surface area (Å²) in [5, 5.41) is 0. The highest BCUT2D eigenvalue weighted by Crippen LogP contribution is 2.40. The van der Waals surface area contributed by atoms with Crippen LogP contribution in [0.3, 0.4) is 0 Å². The maximum absolute atomic E-state index is 6.08. The van der Waals surface area contributed by atoms with Crippen molar-refractivity contribution in [1.82, 2.24) is 0 Å². The van der Waals surface area contributed by atoms with Gasteiger partial charge in [-0.2, -0.15) is 0 Å². The molecule has 1 aliphatic heterocycles. The number of benzene rings is 3. The van der Waals surface area contributed by atoms with Crippen LogP contribution in [0.15, 0.2) is 72.8 Å². The van der Waals surface area contributed by atoms with Crippen LogP contribution in [-0.2, 0) is 14.2 Å². The van der Waals surface area contributed by atoms with Crippen LogP contribution in [-0.4, -0.2) is 52.9 Å². The van der Waals surface area contributed by atoms with Gasteiger partial charge in [-0.3, -0.25) is 0 Å². The van der Waals surface area contributed by atoms with Crippen LogP contribution in [0.4, 0.5) is 0 Å². The minimum absolute atomic E-state index is 0.474. The highest BCUT2D eigenvalue weighted by molar-refractivity contribution is 5.88. The molecular weight excluding hydrogens is 392 g/mol. The van der Waals surface area contributed by atoms with Crippen LogP contribution < -0.4 is 9.47 Å². The third-order valence-electron chi connectivity index (χ3n) is 5.00. The fourth-order valence-corrected chi connectivity index (χ4v) is 3.55. The van der Waals surface area contributed by atoms with E-state index in [1.807, 2.05) is 48.5 Å². The van der Waals surface area contributed by atoms with Gasteiger partial charge in [-0.25, -0.2) is 0 Å². The van der Waals surface area contributed by atoms with E-state index < -0.39 is 0 Å². The van der Waals surface area contributed by atoms with Crippen LogP contribution in [0.25, 0.3) is 22.3 Å². The molecule has 5 heteroatoms. The summed E-state index contributed by atoms with van der Waals surface area (Å²) in [7, 11) is 0. The Balaban J connectivity index is 1.67. The van der Waals surface area contributed by atoms with Crippen LogP contribution >= 0.6 is 0 Å². The largest absolute Gasteiger partial charge is 0.491 e. The minimum atomic E-state index is 0.474. The first kappa shape index (κ1) is 21.4. The Kier molecular flexibility index (Phi) is 7.94. The van der Waals surface area contributed by atoms with Gasteiger partial charge >= 0.3 is 0 Å². The lowest BCUT2D eigenvalue weighted by molar-refractivity contribution is 0.00505. The SMILES string of the molecule is c1ccc2c(c1)OCCOCCOCCOCCOc1ccccc1-c1ccccc1-2. The molecule has 0 fully saturated rings. The average molecular weight is 421 g/mol. The summed E-state index contributed by atoms with van der Waals surface area (Å²) in [5.74, 6) is 1.67. The standard InChI is InChI=1S/C26H28O5/c1-2-8-22-21(7-1)23-9-3-5-11-25(23)30-19-17-28-15-13-27-14-16-29-18-20-31-26-12-6-4-10-24(22)26/h1-12H,13-20H2. The number of fused-ring (bicyclic) bond motifs is 5. The highest BCUT2D eigenvalue weighted by atomic mass is 16.6. The Hall–Kier alpha value is -2.86. The first-order chi connectivity index (χ1) is 15.4. The maximum atomic E-state index is 6.08. The van der Waals surface area contributed by atoms with E-state index in [-0.39, 0.29) is 0 Å². The van der Waals surface area contributed by atoms with Crippen molar-refractivity contribution in [1.29, 1.82) is 0 Å². The van der Waals surface area contributed by atoms with Crippen LogP contribution in [0.2, 0.25) is 0 Å². The third kappa shape index (κ3) is 5.85. The van der Waals surface area contributed by atoms with Gasteiger partial charge < -0.3 is 23.7 Å². The molecule has 31 heavy (non-hydrogen) atoms. The zero-order valence-corrected chi connectivity index (χ0v) is 17.6. The van der Waals surface area contributed by atoms with E-state index in [9.17, 15) is 0 Å². The average Bonchev–Trinajstić information content (AvgIpc) is 2.82. The summed E-state index contributed by atoms with van der Waals surface area (Å²) in [5.41, 5.74) is 4.27. The van der Waals surface area contributed by atoms with E-state index in [2.05, 4.69) is 24.3 Å². The molecule has 0 N–H and O–H groups in total. The number of hydrogen-bond donors (Lipinski definition) is 0. The van der Waals surface area contributed by atoms with E-state index in [0.29, 0.717) is 52.9 Å². The lowest BCUT2D eigenvalue weighted by Gasteiger charge is -2.17. The fraction of sp³-hybridized carbons (Fsp3) is 0.308. The Morgan fingerprint density at radius 2 is 0.677 bits per heavy atom. The van der Waals surface area contributed by atoms with Crippen molar-refractivity contribution in [3.8, 4) is 33.8 Å². The molecule has 3 aromatic rings. The molecule has 5 nitrogen and oxygen atoms in total. The number of hydrogen-bond acceptors (Lipinski definition) is 5. The van der Waals surface area contributed by atoms with Gasteiger partial charge in [-0.05, 0) is 23.3 Å². The monoisotopic (exact) mass is 420 g/mol. The van der Waals surface area contributed by atoms with E-state index in [4.69, 9.17) is 23.7 Å². The molecule has 0 amide bonds. The number of rotatable bonds is 0. The summed E-state index contributed by atoms with van der Waals surface area (Å²) < 4.78 is 28.9. The molecule has 4 rings (SSSR count). The van der Waals surface area contributed by atoms with Gasteiger partial charge in [0.15, 0.2) is 0 Å². The molecule has 0 bridgehead atoms. The second-order valence-electron chi connectivity index (χ2n) is 7.07. The second-order valence-corrected chi connectivity index (χ2v) is 7.07. The Bertz CT molecular complexity index is 879. The Morgan fingerprint density at radius 3 is 1.10 bits per heavy atom. The van der Waals surface area contributed by atoms with Crippen LogP contribution in [0, 0.1) is 0 Å². The number of ether oxygens (including phenoxy) is 5. The van der Waals surface area contributed by atoms with E-state index in [1.165, 1.54) is 0 Å². The normalized spacial score (nSPS) is 16.1. The van der Waals surface area contributed by atoms with E-state index in [1.54, 1.807) is 0 Å². The molecule has 0 spiro atoms. The summed E-state index contributed by atoms with van der Waals surface area (Å²) in [6.45, 7) is 4.11. The zero-order valence-electron chi connectivity index (χ0n) is 17.6. The van der Waals surface area contributed by atoms with Crippen molar-refractivity contribution < 1.29 is 23.7 Å². The topological polar surface area (TPSA) is 46.2 Å². The molecule has 0 aliphatic carbocycles. The maximum Gasteiger partial charge on any atom is 0.127 e. The van der Waals surface area contributed by atoms with Crippen molar-refractivity contribution >= 4 is 0 Å². The van der Waals surface area contributed by atoms with Crippen LogP contribution in [0.1, 0.15) is 0 Å². The summed E-state index contributed by atoms with van der Waals surface area (Å²) in [6, 6.07) is 24.5. The molecule has 0 radical (unpaired) electrons. The molecule has 0 atom stereocenters. The molecule has 1 aliphatic rings. The Morgan fingerprint density at radius 1 is 0.355 bits per heavy atom. The van der Waals surface area contributed by atoms with Gasteiger partial charge in [-0.1, -0.05) is 60.7 Å².